The molecule has 0 heterocycles. The van der Waals surface area contributed by atoms with Crippen molar-refractivity contribution in [1.82, 2.24) is 0 Å². The van der Waals surface area contributed by atoms with Crippen LogP contribution in [0.3, 0.4) is 0 Å². The van der Waals surface area contributed by atoms with Gasteiger partial charge in [0.05, 0.1) is 13.0 Å². The lowest BCUT2D eigenvalue weighted by Crippen LogP contribution is -2.17. The van der Waals surface area contributed by atoms with E-state index in [9.17, 15) is 9.59 Å². The van der Waals surface area contributed by atoms with E-state index < -0.39 is 18.5 Å². The number of aryl methyl sites for hydroxylation is 1. The van der Waals surface area contributed by atoms with Crippen molar-refractivity contribution in [2.75, 3.05) is 13.2 Å². The van der Waals surface area contributed by atoms with Crippen molar-refractivity contribution in [3.63, 3.8) is 0 Å². The Hall–Kier alpha value is -1.26. The molecule has 0 unspecified atom stereocenters. The Balaban J connectivity index is 2.60. The number of hydrogen-bond donors (Lipinski definition) is 0. The molecule has 0 aliphatic heterocycles. The number of hydrogen-bond acceptors (Lipinski definition) is 4. The van der Waals surface area contributed by atoms with Gasteiger partial charge in [-0.05, 0) is 31.5 Å². The topological polar surface area (TPSA) is 52.6 Å². The van der Waals surface area contributed by atoms with Gasteiger partial charge in [0.1, 0.15) is 0 Å². The van der Waals surface area contributed by atoms with E-state index >= 15 is 0 Å². The highest BCUT2D eigenvalue weighted by Gasteiger charge is 2.14. The highest BCUT2D eigenvalue weighted by molar-refractivity contribution is 6.36. The summed E-state index contributed by atoms with van der Waals surface area (Å²) >= 11 is 12.0. The van der Waals surface area contributed by atoms with Crippen LogP contribution >= 0.6 is 23.2 Å². The van der Waals surface area contributed by atoms with Gasteiger partial charge in [-0.3, -0.25) is 4.79 Å². The molecule has 0 spiro atoms. The third-order valence-corrected chi connectivity index (χ3v) is 2.94. The lowest BCUT2D eigenvalue weighted by molar-refractivity contribution is -0.158. The minimum absolute atomic E-state index is 0.0860. The van der Waals surface area contributed by atoms with Crippen molar-refractivity contribution in [1.29, 1.82) is 0 Å². The van der Waals surface area contributed by atoms with Gasteiger partial charge in [0.2, 0.25) is 0 Å². The molecule has 6 heteroatoms. The van der Waals surface area contributed by atoms with Crippen LogP contribution in [-0.2, 0) is 25.5 Å². The molecule has 0 aliphatic carbocycles. The third-order valence-electron chi connectivity index (χ3n) is 2.26. The lowest BCUT2D eigenvalue weighted by Gasteiger charge is -2.08. The molecule has 0 aromatic heterocycles. The Morgan fingerprint density at radius 1 is 1.11 bits per heavy atom. The molecule has 0 fully saturated rings. The van der Waals surface area contributed by atoms with E-state index in [-0.39, 0.29) is 13.0 Å². The maximum absolute atomic E-state index is 11.6. The van der Waals surface area contributed by atoms with E-state index in [1.807, 2.05) is 6.92 Å². The molecule has 4 nitrogen and oxygen atoms in total. The monoisotopic (exact) mass is 304 g/mol. The SMILES string of the molecule is CCOC(=O)COC(=O)Cc1c(Cl)cc(C)cc1Cl. The minimum atomic E-state index is -0.586. The average Bonchev–Trinajstić information content (AvgIpc) is 2.31. The van der Waals surface area contributed by atoms with E-state index in [1.54, 1.807) is 19.1 Å². The van der Waals surface area contributed by atoms with Crippen LogP contribution in [-0.4, -0.2) is 25.2 Å². The fourth-order valence-electron chi connectivity index (χ4n) is 1.44. The van der Waals surface area contributed by atoms with E-state index in [0.29, 0.717) is 15.6 Å². The number of rotatable bonds is 5. The molecule has 1 aromatic rings. The van der Waals surface area contributed by atoms with E-state index in [0.717, 1.165) is 5.56 Å². The number of esters is 2. The number of halogens is 2. The Bertz CT molecular complexity index is 463. The number of ether oxygens (including phenoxy) is 2. The molecule has 104 valence electrons. The molecule has 1 aromatic carbocycles. The Morgan fingerprint density at radius 3 is 2.21 bits per heavy atom. The second kappa shape index (κ2) is 7.36. The highest BCUT2D eigenvalue weighted by Crippen LogP contribution is 2.27. The number of carbonyl (C=O) groups is 2. The fourth-order valence-corrected chi connectivity index (χ4v) is 2.17. The van der Waals surface area contributed by atoms with Gasteiger partial charge in [-0.2, -0.15) is 0 Å². The van der Waals surface area contributed by atoms with Gasteiger partial charge in [0, 0.05) is 15.6 Å². The highest BCUT2D eigenvalue weighted by atomic mass is 35.5. The Morgan fingerprint density at radius 2 is 1.68 bits per heavy atom. The smallest absolute Gasteiger partial charge is 0.344 e. The van der Waals surface area contributed by atoms with E-state index in [2.05, 4.69) is 4.74 Å². The molecule has 0 saturated heterocycles. The van der Waals surface area contributed by atoms with Gasteiger partial charge in [0.15, 0.2) is 6.61 Å². The lowest BCUT2D eigenvalue weighted by atomic mass is 10.1. The molecule has 19 heavy (non-hydrogen) atoms. The fraction of sp³-hybridized carbons (Fsp3) is 0.385. The van der Waals surface area contributed by atoms with Gasteiger partial charge in [0.25, 0.3) is 0 Å². The molecule has 0 bridgehead atoms. The molecule has 0 saturated carbocycles. The predicted octanol–water partition coefficient (Wildman–Crippen LogP) is 2.95. The van der Waals surface area contributed by atoms with Crippen LogP contribution in [0.25, 0.3) is 0 Å². The van der Waals surface area contributed by atoms with Crippen molar-refractivity contribution in [3.8, 4) is 0 Å². The van der Waals surface area contributed by atoms with Crippen molar-refractivity contribution in [3.05, 3.63) is 33.3 Å². The second-order valence-corrected chi connectivity index (χ2v) is 4.66. The molecular formula is C13H14Cl2O4. The first kappa shape index (κ1) is 15.8. The molecule has 0 radical (unpaired) electrons. The van der Waals surface area contributed by atoms with Crippen LogP contribution in [0.15, 0.2) is 12.1 Å². The van der Waals surface area contributed by atoms with Crippen LogP contribution in [0, 0.1) is 6.92 Å². The Kier molecular flexibility index (Phi) is 6.12. The Labute approximate surface area is 121 Å². The van der Waals surface area contributed by atoms with Crippen LogP contribution < -0.4 is 0 Å². The van der Waals surface area contributed by atoms with E-state index in [1.165, 1.54) is 0 Å². The van der Waals surface area contributed by atoms with Crippen LogP contribution in [0.4, 0.5) is 0 Å². The van der Waals surface area contributed by atoms with E-state index in [4.69, 9.17) is 27.9 Å². The zero-order chi connectivity index (χ0) is 14.4. The standard InChI is InChI=1S/C13H14Cl2O4/c1-3-18-13(17)7-19-12(16)6-9-10(14)4-8(2)5-11(9)15/h4-5H,3,6-7H2,1-2H3. The van der Waals surface area contributed by atoms with Gasteiger partial charge in [-0.1, -0.05) is 23.2 Å². The molecule has 0 atom stereocenters. The molecule has 0 amide bonds. The van der Waals surface area contributed by atoms with Gasteiger partial charge in [-0.15, -0.1) is 0 Å². The van der Waals surface area contributed by atoms with Crippen LogP contribution in [0.5, 0.6) is 0 Å². The summed E-state index contributed by atoms with van der Waals surface area (Å²) in [6, 6.07) is 3.42. The summed E-state index contributed by atoms with van der Waals surface area (Å²) in [5, 5.41) is 0.802. The van der Waals surface area contributed by atoms with Crippen molar-refractivity contribution in [2.45, 2.75) is 20.3 Å². The van der Waals surface area contributed by atoms with Crippen LogP contribution in [0.2, 0.25) is 10.0 Å². The minimum Gasteiger partial charge on any atom is -0.463 e. The summed E-state index contributed by atoms with van der Waals surface area (Å²) in [6.45, 7) is 3.35. The normalized spacial score (nSPS) is 10.1. The predicted molar refractivity (Wildman–Crippen MR) is 72.5 cm³/mol. The summed E-state index contributed by atoms with van der Waals surface area (Å²) in [5.74, 6) is -1.17. The largest absolute Gasteiger partial charge is 0.463 e. The first-order chi connectivity index (χ1) is 8.93. The van der Waals surface area contributed by atoms with Crippen LogP contribution in [0.1, 0.15) is 18.1 Å². The van der Waals surface area contributed by atoms with Gasteiger partial charge in [-0.25, -0.2) is 4.79 Å². The summed E-state index contributed by atoms with van der Waals surface area (Å²) < 4.78 is 9.41. The van der Waals surface area contributed by atoms with Gasteiger partial charge >= 0.3 is 11.9 Å². The third kappa shape index (κ3) is 5.09. The summed E-state index contributed by atoms with van der Waals surface area (Å²) in [7, 11) is 0. The maximum Gasteiger partial charge on any atom is 0.344 e. The summed E-state index contributed by atoms with van der Waals surface area (Å²) in [6.07, 6.45) is -0.0860. The zero-order valence-electron chi connectivity index (χ0n) is 10.7. The molecule has 1 rings (SSSR count). The van der Waals surface area contributed by atoms with Gasteiger partial charge < -0.3 is 9.47 Å². The first-order valence-corrected chi connectivity index (χ1v) is 6.45. The molecular weight excluding hydrogens is 291 g/mol. The maximum atomic E-state index is 11.6. The average molecular weight is 305 g/mol. The summed E-state index contributed by atoms with van der Waals surface area (Å²) in [4.78, 5) is 22.6. The second-order valence-electron chi connectivity index (χ2n) is 3.85. The number of carbonyl (C=O) groups excluding carboxylic acids is 2. The van der Waals surface area contributed by atoms with Crippen molar-refractivity contribution < 1.29 is 19.1 Å². The summed E-state index contributed by atoms with van der Waals surface area (Å²) in [5.41, 5.74) is 1.39. The van der Waals surface area contributed by atoms with Crippen molar-refractivity contribution >= 4 is 35.1 Å². The molecule has 0 aliphatic rings. The first-order valence-electron chi connectivity index (χ1n) is 5.69. The number of benzene rings is 1. The zero-order valence-corrected chi connectivity index (χ0v) is 12.2. The van der Waals surface area contributed by atoms with Crippen molar-refractivity contribution in [2.24, 2.45) is 0 Å². The molecule has 0 N–H and O–H groups in total. The quantitative estimate of drug-likeness (QED) is 0.785.